The largest absolute Gasteiger partial charge is 0.512 e. The molecule has 1 unspecified atom stereocenters. The van der Waals surface area contributed by atoms with Crippen LogP contribution in [0.25, 0.3) is 0 Å². The highest BCUT2D eigenvalue weighted by Crippen LogP contribution is 2.47. The van der Waals surface area contributed by atoms with Gasteiger partial charge in [-0.1, -0.05) is 38.1 Å². The minimum absolute atomic E-state index is 0.181. The second-order valence-corrected chi connectivity index (χ2v) is 7.68. The van der Waals surface area contributed by atoms with Crippen molar-refractivity contribution in [3.8, 4) is 0 Å². The number of nitrogens with one attached hydrogen (secondary N) is 1. The van der Waals surface area contributed by atoms with E-state index in [1.165, 1.54) is 23.2 Å². The lowest BCUT2D eigenvalue weighted by atomic mass is 9.73. The molecule has 2 heterocycles. The van der Waals surface area contributed by atoms with Crippen LogP contribution in [-0.2, 0) is 4.74 Å². The molecule has 3 aliphatic rings. The van der Waals surface area contributed by atoms with Crippen LogP contribution in [0, 0.1) is 11.8 Å². The number of aliphatic hydroxyl groups excluding tert-OH is 1. The summed E-state index contributed by atoms with van der Waals surface area (Å²) in [4.78, 5) is 0. The zero-order chi connectivity index (χ0) is 16.7. The third-order valence-electron chi connectivity index (χ3n) is 5.75. The molecule has 1 saturated heterocycles. The van der Waals surface area contributed by atoms with Crippen LogP contribution in [0.15, 0.2) is 42.2 Å². The smallest absolute Gasteiger partial charge is 0.0929 e. The third kappa shape index (κ3) is 2.75. The fourth-order valence-corrected chi connectivity index (χ4v) is 4.44. The highest BCUT2D eigenvalue weighted by atomic mass is 16.5. The number of ether oxygens (including phenoxy) is 1. The van der Waals surface area contributed by atoms with E-state index in [0.29, 0.717) is 29.6 Å². The number of fused-ring (bicyclic) bond motifs is 3. The van der Waals surface area contributed by atoms with E-state index in [1.807, 2.05) is 6.08 Å². The van der Waals surface area contributed by atoms with Crippen LogP contribution in [0.4, 0.5) is 5.69 Å². The number of benzene rings is 1. The maximum Gasteiger partial charge on any atom is 0.0929 e. The number of rotatable bonds is 2. The quantitative estimate of drug-likeness (QED) is 0.796. The lowest BCUT2D eigenvalue weighted by molar-refractivity contribution is -0.0422. The Hall–Kier alpha value is -1.74. The van der Waals surface area contributed by atoms with Gasteiger partial charge in [0.1, 0.15) is 0 Å². The molecule has 1 aromatic carbocycles. The predicted molar refractivity (Wildman–Crippen MR) is 97.3 cm³/mol. The molecular weight excluding hydrogens is 298 g/mol. The van der Waals surface area contributed by atoms with Gasteiger partial charge in [-0.15, -0.1) is 0 Å². The summed E-state index contributed by atoms with van der Waals surface area (Å²) in [6.45, 7) is 5.33. The van der Waals surface area contributed by atoms with Crippen molar-refractivity contribution in [1.82, 2.24) is 0 Å². The van der Waals surface area contributed by atoms with Crippen LogP contribution < -0.4 is 5.32 Å². The van der Waals surface area contributed by atoms with E-state index in [0.717, 1.165) is 19.4 Å². The molecular formula is C21H27NO2. The lowest BCUT2D eigenvalue weighted by Gasteiger charge is -2.46. The molecule has 0 aromatic heterocycles. The second-order valence-electron chi connectivity index (χ2n) is 7.68. The monoisotopic (exact) mass is 325 g/mol. The van der Waals surface area contributed by atoms with Gasteiger partial charge in [0, 0.05) is 42.2 Å². The van der Waals surface area contributed by atoms with Gasteiger partial charge in [0.15, 0.2) is 0 Å². The van der Waals surface area contributed by atoms with Crippen LogP contribution in [0.2, 0.25) is 0 Å². The van der Waals surface area contributed by atoms with Gasteiger partial charge in [-0.05, 0) is 36.5 Å². The number of anilines is 1. The number of aliphatic hydroxyl groups is 1. The van der Waals surface area contributed by atoms with Crippen LogP contribution in [0.1, 0.15) is 56.3 Å². The molecule has 2 N–H and O–H groups in total. The summed E-state index contributed by atoms with van der Waals surface area (Å²) in [5.41, 5.74) is 3.90. The van der Waals surface area contributed by atoms with Gasteiger partial charge in [0.2, 0.25) is 0 Å². The Morgan fingerprint density at radius 3 is 2.96 bits per heavy atom. The molecule has 4 rings (SSSR count). The Kier molecular flexibility index (Phi) is 4.13. The summed E-state index contributed by atoms with van der Waals surface area (Å²) < 4.78 is 6.25. The normalized spacial score (nSPS) is 31.9. The minimum atomic E-state index is 0.181. The van der Waals surface area contributed by atoms with Gasteiger partial charge in [0.25, 0.3) is 0 Å². The molecule has 24 heavy (non-hydrogen) atoms. The number of allylic oxidation sites excluding steroid dienone is 3. The Morgan fingerprint density at radius 1 is 1.29 bits per heavy atom. The first-order valence-electron chi connectivity index (χ1n) is 9.22. The molecule has 0 amide bonds. The summed E-state index contributed by atoms with van der Waals surface area (Å²) in [5.74, 6) is 1.80. The fraction of sp³-hybridized carbons (Fsp3) is 0.524. The van der Waals surface area contributed by atoms with Gasteiger partial charge < -0.3 is 15.2 Å². The standard InChI is InChI=1S/C21H27NO2/c1-13(2)14-8-9-19-18(12-14)21-17(7-4-10-24-21)20(22-19)15-5-3-6-16(23)11-15/h3,5-6,8-9,12-13,15,17,20-23H,4,7,10-11H2,1-2H3/t15?,17-,20-,21-/m0/s1. The summed E-state index contributed by atoms with van der Waals surface area (Å²) >= 11 is 0. The van der Waals surface area contributed by atoms with Crippen molar-refractivity contribution >= 4 is 5.69 Å². The van der Waals surface area contributed by atoms with Crippen LogP contribution in [-0.4, -0.2) is 17.8 Å². The van der Waals surface area contributed by atoms with E-state index >= 15 is 0 Å². The van der Waals surface area contributed by atoms with Crippen LogP contribution >= 0.6 is 0 Å². The molecule has 1 aliphatic carbocycles. The summed E-state index contributed by atoms with van der Waals surface area (Å²) in [6, 6.07) is 7.10. The molecule has 3 heteroatoms. The summed E-state index contributed by atoms with van der Waals surface area (Å²) in [5, 5.41) is 13.7. The van der Waals surface area contributed by atoms with Crippen molar-refractivity contribution in [1.29, 1.82) is 0 Å². The SMILES string of the molecule is CC(C)c1ccc2c(c1)[C@H]1OCCC[C@H]1[C@H](C1C=CC=C(O)C1)N2. The average Bonchev–Trinajstić information content (AvgIpc) is 2.60. The van der Waals surface area contributed by atoms with Crippen molar-refractivity contribution in [3.05, 3.63) is 53.3 Å². The van der Waals surface area contributed by atoms with Crippen molar-refractivity contribution < 1.29 is 9.84 Å². The van der Waals surface area contributed by atoms with E-state index in [2.05, 4.69) is 43.4 Å². The first-order chi connectivity index (χ1) is 11.6. The Labute approximate surface area is 144 Å². The van der Waals surface area contributed by atoms with Crippen LogP contribution in [0.5, 0.6) is 0 Å². The molecule has 4 atom stereocenters. The zero-order valence-corrected chi connectivity index (χ0v) is 14.5. The van der Waals surface area contributed by atoms with Crippen molar-refractivity contribution in [3.63, 3.8) is 0 Å². The molecule has 0 spiro atoms. The van der Waals surface area contributed by atoms with E-state index in [9.17, 15) is 5.11 Å². The first-order valence-corrected chi connectivity index (χ1v) is 9.22. The molecule has 0 saturated carbocycles. The molecule has 3 nitrogen and oxygen atoms in total. The van der Waals surface area contributed by atoms with Gasteiger partial charge in [0.05, 0.1) is 11.9 Å². The zero-order valence-electron chi connectivity index (χ0n) is 14.5. The molecule has 0 radical (unpaired) electrons. The Morgan fingerprint density at radius 2 is 2.17 bits per heavy atom. The van der Waals surface area contributed by atoms with Gasteiger partial charge in [-0.3, -0.25) is 0 Å². The van der Waals surface area contributed by atoms with Crippen molar-refractivity contribution in [2.24, 2.45) is 11.8 Å². The first kappa shape index (κ1) is 15.8. The van der Waals surface area contributed by atoms with Crippen molar-refractivity contribution in [2.75, 3.05) is 11.9 Å². The minimum Gasteiger partial charge on any atom is -0.512 e. The fourth-order valence-electron chi connectivity index (χ4n) is 4.44. The highest BCUT2D eigenvalue weighted by Gasteiger charge is 2.42. The molecule has 2 aliphatic heterocycles. The number of hydrogen-bond donors (Lipinski definition) is 2. The highest BCUT2D eigenvalue weighted by molar-refractivity contribution is 5.58. The van der Waals surface area contributed by atoms with E-state index < -0.39 is 0 Å². The average molecular weight is 325 g/mol. The second kappa shape index (κ2) is 6.29. The maximum atomic E-state index is 9.95. The van der Waals surface area contributed by atoms with E-state index in [4.69, 9.17) is 4.74 Å². The van der Waals surface area contributed by atoms with E-state index in [-0.39, 0.29) is 6.10 Å². The number of hydrogen-bond acceptors (Lipinski definition) is 3. The van der Waals surface area contributed by atoms with Gasteiger partial charge >= 0.3 is 0 Å². The molecule has 128 valence electrons. The summed E-state index contributed by atoms with van der Waals surface area (Å²) in [7, 11) is 0. The molecule has 1 aromatic rings. The lowest BCUT2D eigenvalue weighted by Crippen LogP contribution is -2.45. The Balaban J connectivity index is 1.69. The predicted octanol–water partition coefficient (Wildman–Crippen LogP) is 5.09. The van der Waals surface area contributed by atoms with E-state index in [1.54, 1.807) is 6.08 Å². The molecule has 0 bridgehead atoms. The van der Waals surface area contributed by atoms with Gasteiger partial charge in [-0.2, -0.15) is 0 Å². The topological polar surface area (TPSA) is 41.5 Å². The third-order valence-corrected chi connectivity index (χ3v) is 5.75. The molecule has 1 fully saturated rings. The van der Waals surface area contributed by atoms with Crippen molar-refractivity contribution in [2.45, 2.75) is 51.2 Å². The van der Waals surface area contributed by atoms with Crippen LogP contribution in [0.3, 0.4) is 0 Å². The summed E-state index contributed by atoms with van der Waals surface area (Å²) in [6.07, 6.45) is 9.23. The van der Waals surface area contributed by atoms with Gasteiger partial charge in [-0.25, -0.2) is 0 Å². The maximum absolute atomic E-state index is 9.95. The Bertz CT molecular complexity index is 676.